The molecule has 0 saturated carbocycles. The predicted octanol–water partition coefficient (Wildman–Crippen LogP) is 8.28. The van der Waals surface area contributed by atoms with E-state index in [1.165, 1.54) is 10.8 Å². The zero-order chi connectivity index (χ0) is 27.6. The Kier molecular flexibility index (Phi) is 4.80. The van der Waals surface area contributed by atoms with Crippen molar-refractivity contribution in [3.63, 3.8) is 0 Å². The highest BCUT2D eigenvalue weighted by Crippen LogP contribution is 2.42. The van der Waals surface area contributed by atoms with Crippen LogP contribution in [0.15, 0.2) is 134 Å². The third-order valence-corrected chi connectivity index (χ3v) is 8.09. The average Bonchev–Trinajstić information content (AvgIpc) is 3.59. The first-order valence-electron chi connectivity index (χ1n) is 13.9. The number of fused-ring (bicyclic) bond motifs is 9. The Labute approximate surface area is 240 Å². The van der Waals surface area contributed by atoms with E-state index in [4.69, 9.17) is 15.0 Å². The molecule has 0 atom stereocenters. The molecule has 4 heterocycles. The van der Waals surface area contributed by atoms with Crippen LogP contribution in [0.2, 0.25) is 0 Å². The summed E-state index contributed by atoms with van der Waals surface area (Å²) in [4.78, 5) is 19.5. The Hall–Kier alpha value is -5.88. The lowest BCUT2D eigenvalue weighted by Crippen LogP contribution is -2.04. The Bertz CT molecular complexity index is 2460. The fourth-order valence-electron chi connectivity index (χ4n) is 6.33. The van der Waals surface area contributed by atoms with Crippen molar-refractivity contribution in [3.8, 4) is 22.9 Å². The van der Waals surface area contributed by atoms with E-state index in [1.54, 1.807) is 12.4 Å². The molecule has 0 aliphatic heterocycles. The number of rotatable bonds is 3. The Balaban J connectivity index is 1.53. The van der Waals surface area contributed by atoms with Crippen LogP contribution in [-0.4, -0.2) is 29.1 Å². The fraction of sp³-hybridized carbons (Fsp3) is 0. The molecule has 0 aliphatic carbocycles. The van der Waals surface area contributed by atoms with Gasteiger partial charge in [-0.3, -0.25) is 14.5 Å². The topological polar surface area (TPSA) is 61.4 Å². The normalized spacial score (nSPS) is 11.8. The summed E-state index contributed by atoms with van der Waals surface area (Å²) in [6.45, 7) is 0. The lowest BCUT2D eigenvalue weighted by atomic mass is 10.1. The van der Waals surface area contributed by atoms with Crippen molar-refractivity contribution in [3.05, 3.63) is 134 Å². The number of para-hydroxylation sites is 2. The van der Waals surface area contributed by atoms with E-state index in [2.05, 4.69) is 99.0 Å². The molecule has 0 spiro atoms. The molecule has 42 heavy (non-hydrogen) atoms. The van der Waals surface area contributed by atoms with Gasteiger partial charge < -0.3 is 4.57 Å². The van der Waals surface area contributed by atoms with Gasteiger partial charge in [-0.15, -0.1) is 0 Å². The summed E-state index contributed by atoms with van der Waals surface area (Å²) in [5, 5.41) is 4.55. The summed E-state index contributed by atoms with van der Waals surface area (Å²) in [6.07, 6.45) is 5.33. The third kappa shape index (κ3) is 3.20. The highest BCUT2D eigenvalue weighted by Gasteiger charge is 2.23. The highest BCUT2D eigenvalue weighted by molar-refractivity contribution is 6.26. The van der Waals surface area contributed by atoms with Gasteiger partial charge in [0.25, 0.3) is 0 Å². The SMILES string of the molecule is c1ccc(-c2ccnc(-n3c4c(ccc5nccnc54)c4ccc5c6ccccc6n(-c6ccccc6)c5c43)n2)cc1. The van der Waals surface area contributed by atoms with Crippen LogP contribution in [0, 0.1) is 0 Å². The van der Waals surface area contributed by atoms with E-state index >= 15 is 0 Å². The Morgan fingerprint density at radius 1 is 0.452 bits per heavy atom. The maximum absolute atomic E-state index is 5.15. The zero-order valence-corrected chi connectivity index (χ0v) is 22.4. The standard InChI is InChI=1S/C36H22N6/c1-3-9-23(10-4-1)29-19-20-39-36(40-29)42-33-27(17-18-30-32(33)38-22-21-37-30)28-16-15-26-25-13-7-8-14-31(25)41(34(26)35(28)42)24-11-5-2-6-12-24/h1-22H. The third-order valence-electron chi connectivity index (χ3n) is 8.09. The number of aromatic nitrogens is 6. The van der Waals surface area contributed by atoms with Gasteiger partial charge in [0.2, 0.25) is 5.95 Å². The van der Waals surface area contributed by atoms with Crippen molar-refractivity contribution in [2.45, 2.75) is 0 Å². The van der Waals surface area contributed by atoms with Gasteiger partial charge in [0, 0.05) is 51.4 Å². The van der Waals surface area contributed by atoms with Crippen molar-refractivity contribution in [1.82, 2.24) is 29.1 Å². The number of hydrogen-bond acceptors (Lipinski definition) is 4. The van der Waals surface area contributed by atoms with Gasteiger partial charge in [-0.2, -0.15) is 0 Å². The summed E-state index contributed by atoms with van der Waals surface area (Å²) in [6, 6.07) is 40.0. The van der Waals surface area contributed by atoms with E-state index in [1.807, 2.05) is 36.5 Å². The highest BCUT2D eigenvalue weighted by atomic mass is 15.2. The second-order valence-electron chi connectivity index (χ2n) is 10.4. The molecule has 0 saturated heterocycles. The van der Waals surface area contributed by atoms with Crippen molar-refractivity contribution in [2.24, 2.45) is 0 Å². The minimum absolute atomic E-state index is 0.590. The molecule has 6 heteroatoms. The van der Waals surface area contributed by atoms with Gasteiger partial charge >= 0.3 is 0 Å². The first kappa shape index (κ1) is 22.9. The second kappa shape index (κ2) is 8.81. The lowest BCUT2D eigenvalue weighted by molar-refractivity contribution is 0.992. The minimum atomic E-state index is 0.590. The first-order valence-corrected chi connectivity index (χ1v) is 13.9. The van der Waals surface area contributed by atoms with Crippen LogP contribution in [0.3, 0.4) is 0 Å². The number of nitrogens with zero attached hydrogens (tertiary/aromatic N) is 6. The molecule has 0 aliphatic rings. The molecule has 0 radical (unpaired) electrons. The quantitative estimate of drug-likeness (QED) is 0.227. The van der Waals surface area contributed by atoms with Gasteiger partial charge in [0.1, 0.15) is 5.52 Å². The molecular weight excluding hydrogens is 516 g/mol. The van der Waals surface area contributed by atoms with Gasteiger partial charge in [-0.1, -0.05) is 78.9 Å². The van der Waals surface area contributed by atoms with Crippen molar-refractivity contribution < 1.29 is 0 Å². The van der Waals surface area contributed by atoms with Crippen molar-refractivity contribution in [1.29, 1.82) is 0 Å². The monoisotopic (exact) mass is 538 g/mol. The van der Waals surface area contributed by atoms with E-state index in [0.717, 1.165) is 60.8 Å². The predicted molar refractivity (Wildman–Crippen MR) is 169 cm³/mol. The molecule has 6 nitrogen and oxygen atoms in total. The first-order chi connectivity index (χ1) is 20.9. The maximum Gasteiger partial charge on any atom is 0.235 e. The van der Waals surface area contributed by atoms with Crippen LogP contribution in [0.1, 0.15) is 0 Å². The van der Waals surface area contributed by atoms with Crippen LogP contribution >= 0.6 is 0 Å². The summed E-state index contributed by atoms with van der Waals surface area (Å²) in [5.41, 5.74) is 8.85. The minimum Gasteiger partial charge on any atom is -0.307 e. The molecule has 196 valence electrons. The second-order valence-corrected chi connectivity index (χ2v) is 10.4. The Morgan fingerprint density at radius 2 is 1.12 bits per heavy atom. The summed E-state index contributed by atoms with van der Waals surface area (Å²) in [7, 11) is 0. The van der Waals surface area contributed by atoms with Gasteiger partial charge in [-0.05, 0) is 36.4 Å². The number of benzene rings is 5. The van der Waals surface area contributed by atoms with E-state index in [-0.39, 0.29) is 0 Å². The van der Waals surface area contributed by atoms with E-state index in [9.17, 15) is 0 Å². The smallest absolute Gasteiger partial charge is 0.235 e. The van der Waals surface area contributed by atoms with Gasteiger partial charge in [0.05, 0.1) is 33.3 Å². The van der Waals surface area contributed by atoms with Gasteiger partial charge in [-0.25, -0.2) is 9.97 Å². The molecule has 0 fully saturated rings. The summed E-state index contributed by atoms with van der Waals surface area (Å²) in [5.74, 6) is 0.590. The zero-order valence-electron chi connectivity index (χ0n) is 22.4. The van der Waals surface area contributed by atoms with E-state index in [0.29, 0.717) is 5.95 Å². The summed E-state index contributed by atoms with van der Waals surface area (Å²) >= 11 is 0. The van der Waals surface area contributed by atoms with Crippen molar-refractivity contribution >= 4 is 54.6 Å². The molecule has 0 unspecified atom stereocenters. The molecule has 9 rings (SSSR count). The fourth-order valence-corrected chi connectivity index (χ4v) is 6.33. The van der Waals surface area contributed by atoms with Crippen LogP contribution < -0.4 is 0 Å². The Morgan fingerprint density at radius 3 is 1.98 bits per heavy atom. The number of hydrogen-bond donors (Lipinski definition) is 0. The lowest BCUT2D eigenvalue weighted by Gasteiger charge is -2.12. The maximum atomic E-state index is 5.15. The van der Waals surface area contributed by atoms with Crippen LogP contribution in [-0.2, 0) is 0 Å². The molecule has 5 aromatic carbocycles. The largest absolute Gasteiger partial charge is 0.307 e. The molecule has 0 N–H and O–H groups in total. The summed E-state index contributed by atoms with van der Waals surface area (Å²) < 4.78 is 4.55. The van der Waals surface area contributed by atoms with E-state index < -0.39 is 0 Å². The van der Waals surface area contributed by atoms with Crippen molar-refractivity contribution in [2.75, 3.05) is 0 Å². The van der Waals surface area contributed by atoms with Crippen LogP contribution in [0.25, 0.3) is 77.5 Å². The van der Waals surface area contributed by atoms with Gasteiger partial charge in [0.15, 0.2) is 0 Å². The van der Waals surface area contributed by atoms with Crippen LogP contribution in [0.5, 0.6) is 0 Å². The van der Waals surface area contributed by atoms with Crippen LogP contribution in [0.4, 0.5) is 0 Å². The average molecular weight is 539 g/mol. The molecular formula is C36H22N6. The molecule has 0 amide bonds. The molecule has 0 bridgehead atoms. The molecule has 4 aromatic heterocycles. The molecule has 9 aromatic rings.